The molecule has 0 radical (unpaired) electrons. The predicted molar refractivity (Wildman–Crippen MR) is 88.9 cm³/mol. The van der Waals surface area contributed by atoms with E-state index in [1.54, 1.807) is 6.07 Å². The molecule has 21 heavy (non-hydrogen) atoms. The number of phenols is 1. The van der Waals surface area contributed by atoms with Crippen LogP contribution in [-0.4, -0.2) is 55.2 Å². The van der Waals surface area contributed by atoms with E-state index in [9.17, 15) is 5.11 Å². The van der Waals surface area contributed by atoms with Crippen molar-refractivity contribution in [2.45, 2.75) is 38.0 Å². The smallest absolute Gasteiger partial charge is 0.115 e. The Hall–Kier alpha value is -1.06. The van der Waals surface area contributed by atoms with Crippen LogP contribution in [0.2, 0.25) is 0 Å². The molecule has 1 fully saturated rings. The molecule has 0 amide bonds. The molecule has 0 aromatic heterocycles. The van der Waals surface area contributed by atoms with Crippen molar-refractivity contribution < 1.29 is 5.11 Å². The molecule has 2 rings (SSSR count). The first-order chi connectivity index (χ1) is 10.1. The van der Waals surface area contributed by atoms with Crippen molar-refractivity contribution in [3.8, 4) is 5.75 Å². The lowest BCUT2D eigenvalue weighted by Crippen LogP contribution is -2.41. The van der Waals surface area contributed by atoms with Gasteiger partial charge in [0.1, 0.15) is 5.75 Å². The van der Waals surface area contributed by atoms with Gasteiger partial charge in [0.15, 0.2) is 0 Å². The molecule has 0 bridgehead atoms. The van der Waals surface area contributed by atoms with Crippen LogP contribution in [0, 0.1) is 0 Å². The fraction of sp³-hybridized carbons (Fsp3) is 0.667. The fourth-order valence-corrected chi connectivity index (χ4v) is 3.48. The third-order valence-electron chi connectivity index (χ3n) is 4.90. The number of phenolic OH excluding ortho intramolecular Hbond substituents is 1. The second-order valence-corrected chi connectivity index (χ2v) is 6.72. The maximum absolute atomic E-state index is 9.85. The Kier molecular flexibility index (Phi) is 5.65. The van der Waals surface area contributed by atoms with Crippen molar-refractivity contribution in [3.05, 3.63) is 29.8 Å². The Labute approximate surface area is 129 Å². The van der Waals surface area contributed by atoms with Crippen molar-refractivity contribution in [2.24, 2.45) is 0 Å². The highest BCUT2D eigenvalue weighted by Crippen LogP contribution is 2.37. The SMILES string of the molecule is CCC1(c2cccc(O)c2)CCCCN(CCN(C)C)C1. The first kappa shape index (κ1) is 16.3. The van der Waals surface area contributed by atoms with Gasteiger partial charge in [-0.15, -0.1) is 0 Å². The van der Waals surface area contributed by atoms with Gasteiger partial charge in [0.25, 0.3) is 0 Å². The van der Waals surface area contributed by atoms with Crippen molar-refractivity contribution in [1.82, 2.24) is 9.80 Å². The van der Waals surface area contributed by atoms with E-state index in [1.807, 2.05) is 12.1 Å². The summed E-state index contributed by atoms with van der Waals surface area (Å²) in [6.45, 7) is 6.85. The zero-order valence-corrected chi connectivity index (χ0v) is 13.8. The van der Waals surface area contributed by atoms with Crippen LogP contribution in [0.3, 0.4) is 0 Å². The van der Waals surface area contributed by atoms with E-state index in [0.29, 0.717) is 5.75 Å². The summed E-state index contributed by atoms with van der Waals surface area (Å²) < 4.78 is 0. The lowest BCUT2D eigenvalue weighted by molar-refractivity contribution is 0.200. The summed E-state index contributed by atoms with van der Waals surface area (Å²) in [7, 11) is 4.28. The van der Waals surface area contributed by atoms with Crippen LogP contribution in [0.15, 0.2) is 24.3 Å². The molecular weight excluding hydrogens is 260 g/mol. The molecule has 0 saturated carbocycles. The summed E-state index contributed by atoms with van der Waals surface area (Å²) in [4.78, 5) is 4.87. The van der Waals surface area contributed by atoms with Crippen molar-refractivity contribution in [2.75, 3.05) is 40.3 Å². The fourth-order valence-electron chi connectivity index (χ4n) is 3.48. The Morgan fingerprint density at radius 3 is 2.76 bits per heavy atom. The number of likely N-dealkylation sites (N-methyl/N-ethyl adjacent to an activating group) is 1. The van der Waals surface area contributed by atoms with E-state index in [2.05, 4.69) is 36.9 Å². The van der Waals surface area contributed by atoms with Crippen molar-refractivity contribution >= 4 is 0 Å². The minimum Gasteiger partial charge on any atom is -0.508 e. The molecule has 1 saturated heterocycles. The molecule has 1 aromatic rings. The second-order valence-electron chi connectivity index (χ2n) is 6.72. The second kappa shape index (κ2) is 7.28. The number of hydrogen-bond donors (Lipinski definition) is 1. The van der Waals surface area contributed by atoms with Crippen LogP contribution in [0.4, 0.5) is 0 Å². The van der Waals surface area contributed by atoms with Crippen LogP contribution in [0.25, 0.3) is 0 Å². The summed E-state index contributed by atoms with van der Waals surface area (Å²) in [6, 6.07) is 7.92. The number of nitrogens with zero attached hydrogens (tertiary/aromatic N) is 2. The van der Waals surface area contributed by atoms with Crippen LogP contribution >= 0.6 is 0 Å². The predicted octanol–water partition coefficient (Wildman–Crippen LogP) is 3.09. The molecule has 3 heteroatoms. The Balaban J connectivity index is 2.19. The average molecular weight is 290 g/mol. The van der Waals surface area contributed by atoms with Gasteiger partial charge in [0, 0.05) is 25.0 Å². The Morgan fingerprint density at radius 2 is 2.10 bits per heavy atom. The highest BCUT2D eigenvalue weighted by atomic mass is 16.3. The number of likely N-dealkylation sites (tertiary alicyclic amines) is 1. The Morgan fingerprint density at radius 1 is 1.29 bits per heavy atom. The first-order valence-electron chi connectivity index (χ1n) is 8.22. The lowest BCUT2D eigenvalue weighted by Gasteiger charge is -2.36. The van der Waals surface area contributed by atoms with Gasteiger partial charge in [-0.3, -0.25) is 0 Å². The molecule has 1 aliphatic rings. The summed E-state index contributed by atoms with van der Waals surface area (Å²) >= 11 is 0. The largest absolute Gasteiger partial charge is 0.508 e. The molecule has 1 aromatic carbocycles. The van der Waals surface area contributed by atoms with Crippen LogP contribution in [-0.2, 0) is 5.41 Å². The molecule has 1 unspecified atom stereocenters. The minimum atomic E-state index is 0.196. The van der Waals surface area contributed by atoms with Gasteiger partial charge < -0.3 is 14.9 Å². The average Bonchev–Trinajstić information content (AvgIpc) is 2.68. The lowest BCUT2D eigenvalue weighted by atomic mass is 9.74. The summed E-state index contributed by atoms with van der Waals surface area (Å²) in [6.07, 6.45) is 4.93. The van der Waals surface area contributed by atoms with E-state index in [0.717, 1.165) is 26.1 Å². The van der Waals surface area contributed by atoms with Gasteiger partial charge in [-0.05, 0) is 57.6 Å². The van der Waals surface area contributed by atoms with Gasteiger partial charge in [0.2, 0.25) is 0 Å². The summed E-state index contributed by atoms with van der Waals surface area (Å²) in [5.74, 6) is 0.393. The molecule has 1 aliphatic heterocycles. The summed E-state index contributed by atoms with van der Waals surface area (Å²) in [5, 5.41) is 9.85. The number of benzene rings is 1. The number of hydrogen-bond acceptors (Lipinski definition) is 3. The molecule has 1 heterocycles. The van der Waals surface area contributed by atoms with Crippen LogP contribution in [0.5, 0.6) is 5.75 Å². The number of rotatable bonds is 5. The molecule has 3 nitrogen and oxygen atoms in total. The Bertz CT molecular complexity index is 447. The first-order valence-corrected chi connectivity index (χ1v) is 8.22. The van der Waals surface area contributed by atoms with Crippen LogP contribution in [0.1, 0.15) is 38.2 Å². The highest BCUT2D eigenvalue weighted by molar-refractivity contribution is 5.33. The van der Waals surface area contributed by atoms with E-state index in [4.69, 9.17) is 0 Å². The van der Waals surface area contributed by atoms with Gasteiger partial charge in [-0.25, -0.2) is 0 Å². The quantitative estimate of drug-likeness (QED) is 0.903. The van der Waals surface area contributed by atoms with Gasteiger partial charge in [-0.2, -0.15) is 0 Å². The number of aromatic hydroxyl groups is 1. The monoisotopic (exact) mass is 290 g/mol. The van der Waals surface area contributed by atoms with E-state index < -0.39 is 0 Å². The summed E-state index contributed by atoms with van der Waals surface area (Å²) in [5.41, 5.74) is 1.50. The molecule has 118 valence electrons. The van der Waals surface area contributed by atoms with Crippen molar-refractivity contribution in [1.29, 1.82) is 0 Å². The topological polar surface area (TPSA) is 26.7 Å². The highest BCUT2D eigenvalue weighted by Gasteiger charge is 2.34. The molecule has 0 spiro atoms. The maximum atomic E-state index is 9.85. The van der Waals surface area contributed by atoms with Gasteiger partial charge >= 0.3 is 0 Å². The van der Waals surface area contributed by atoms with E-state index in [-0.39, 0.29) is 5.41 Å². The zero-order valence-electron chi connectivity index (χ0n) is 13.8. The standard InChI is InChI=1S/C18H30N2O/c1-4-18(16-8-7-9-17(21)14-16)10-5-6-11-20(15-18)13-12-19(2)3/h7-9,14,21H,4-6,10-13,15H2,1-3H3. The molecule has 1 atom stereocenters. The van der Waals surface area contributed by atoms with Gasteiger partial charge in [-0.1, -0.05) is 25.5 Å². The molecule has 0 aliphatic carbocycles. The third-order valence-corrected chi connectivity index (χ3v) is 4.90. The van der Waals surface area contributed by atoms with E-state index in [1.165, 1.54) is 31.4 Å². The van der Waals surface area contributed by atoms with Crippen molar-refractivity contribution in [3.63, 3.8) is 0 Å². The molecule has 1 N–H and O–H groups in total. The third kappa shape index (κ3) is 4.21. The maximum Gasteiger partial charge on any atom is 0.115 e. The van der Waals surface area contributed by atoms with Crippen LogP contribution < -0.4 is 0 Å². The van der Waals surface area contributed by atoms with Gasteiger partial charge in [0.05, 0.1) is 0 Å². The minimum absolute atomic E-state index is 0.196. The normalized spacial score (nSPS) is 24.2. The van der Waals surface area contributed by atoms with E-state index >= 15 is 0 Å². The molecular formula is C18H30N2O. The zero-order chi connectivity index (χ0) is 15.3.